The number of unbranched alkanes of at least 4 members (excludes halogenated alkanes) is 13. The molecule has 0 heterocycles. The molecule has 0 rings (SSSR count). The molecule has 0 aromatic rings. The molecule has 1 N–H and O–H groups in total. The fourth-order valence-corrected chi connectivity index (χ4v) is 5.30. The lowest BCUT2D eigenvalue weighted by atomic mass is 10.1. The van der Waals surface area contributed by atoms with Gasteiger partial charge in [0.2, 0.25) is 0 Å². The molecule has 0 fully saturated rings. The Balaban J connectivity index is 4.40. The van der Waals surface area contributed by atoms with Crippen LogP contribution in [0.4, 0.5) is 0 Å². The number of aliphatic carboxylic acids is 1. The fraction of sp³-hybridized carbons (Fsp3) is 0.775. The van der Waals surface area contributed by atoms with E-state index in [4.69, 9.17) is 14.2 Å². The Morgan fingerprint density at radius 3 is 1.77 bits per heavy atom. The average Bonchev–Trinajstić information content (AvgIpc) is 3.03. The minimum Gasteiger partial charge on any atom is -0.477 e. The van der Waals surface area contributed by atoms with Crippen molar-refractivity contribution in [3.8, 4) is 0 Å². The summed E-state index contributed by atoms with van der Waals surface area (Å²) >= 11 is 0. The largest absolute Gasteiger partial charge is 0.477 e. The van der Waals surface area contributed by atoms with Gasteiger partial charge in [-0.1, -0.05) is 102 Å². The first kappa shape index (κ1) is 45.6. The van der Waals surface area contributed by atoms with Crippen LogP contribution in [0, 0.1) is 0 Å². The predicted molar refractivity (Wildman–Crippen MR) is 197 cm³/mol. The van der Waals surface area contributed by atoms with Crippen LogP contribution >= 0.6 is 0 Å². The van der Waals surface area contributed by atoms with Crippen molar-refractivity contribution in [2.24, 2.45) is 0 Å². The molecule has 8 nitrogen and oxygen atoms in total. The van der Waals surface area contributed by atoms with E-state index in [0.29, 0.717) is 19.3 Å². The third-order valence-electron chi connectivity index (χ3n) is 8.27. The first-order chi connectivity index (χ1) is 23.1. The van der Waals surface area contributed by atoms with Gasteiger partial charge in [-0.05, 0) is 64.2 Å². The lowest BCUT2D eigenvalue weighted by Crippen LogP contribution is -2.50. The molecular weight excluding hydrogens is 606 g/mol. The van der Waals surface area contributed by atoms with Crippen LogP contribution in [0.25, 0.3) is 0 Å². The standard InChI is InChI=1S/C40H71NO7/c1-6-8-10-12-14-16-17-18-19-20-21-23-24-26-28-30-38(42)47-35-36(34-46-33-32-37(40(44)45)41(3,4)5)48-39(43)31-29-27-25-22-15-13-11-9-7-2/h9,11,15-17,22,36-37H,6-8,10,12-14,18-21,23-35H2,1-5H3/p+1/b11-9+,17-16+,22-15+. The van der Waals surface area contributed by atoms with E-state index >= 15 is 0 Å². The van der Waals surface area contributed by atoms with Crippen LogP contribution in [0.1, 0.15) is 149 Å². The highest BCUT2D eigenvalue weighted by atomic mass is 16.6. The summed E-state index contributed by atoms with van der Waals surface area (Å²) in [5.41, 5.74) is 0. The number of carbonyl (C=O) groups excluding carboxylic acids is 2. The molecule has 0 aliphatic carbocycles. The number of rotatable bonds is 33. The maximum atomic E-state index is 12.6. The molecule has 278 valence electrons. The Hall–Kier alpha value is -2.45. The van der Waals surface area contributed by atoms with E-state index in [-0.39, 0.29) is 42.7 Å². The molecule has 0 saturated carbocycles. The number of carboxylic acid groups (broad SMARTS) is 1. The van der Waals surface area contributed by atoms with Gasteiger partial charge in [-0.3, -0.25) is 9.59 Å². The summed E-state index contributed by atoms with van der Waals surface area (Å²) in [6.45, 7) is 4.54. The summed E-state index contributed by atoms with van der Waals surface area (Å²) in [5.74, 6) is -1.52. The highest BCUT2D eigenvalue weighted by Gasteiger charge is 2.31. The lowest BCUT2D eigenvalue weighted by Gasteiger charge is -2.31. The molecule has 0 aliphatic heterocycles. The summed E-state index contributed by atoms with van der Waals surface area (Å²) in [5, 5.41) is 9.56. The van der Waals surface area contributed by atoms with Gasteiger partial charge in [0.1, 0.15) is 6.61 Å². The smallest absolute Gasteiger partial charge is 0.362 e. The zero-order chi connectivity index (χ0) is 35.7. The van der Waals surface area contributed by atoms with Gasteiger partial charge in [0.25, 0.3) is 0 Å². The molecule has 0 amide bonds. The van der Waals surface area contributed by atoms with Crippen molar-refractivity contribution >= 4 is 17.9 Å². The van der Waals surface area contributed by atoms with Crippen LogP contribution in [0.15, 0.2) is 36.5 Å². The highest BCUT2D eigenvalue weighted by Crippen LogP contribution is 2.13. The molecule has 0 saturated heterocycles. The van der Waals surface area contributed by atoms with Gasteiger partial charge in [-0.2, -0.15) is 0 Å². The van der Waals surface area contributed by atoms with Crippen LogP contribution in [-0.4, -0.2) is 80.6 Å². The van der Waals surface area contributed by atoms with Gasteiger partial charge in [0.05, 0.1) is 34.4 Å². The van der Waals surface area contributed by atoms with E-state index < -0.39 is 18.1 Å². The minimum atomic E-state index is -0.883. The molecule has 0 spiro atoms. The van der Waals surface area contributed by atoms with Crippen molar-refractivity contribution in [1.82, 2.24) is 0 Å². The number of carbonyl (C=O) groups is 3. The Morgan fingerprint density at radius 2 is 1.17 bits per heavy atom. The Bertz CT molecular complexity index is 891. The van der Waals surface area contributed by atoms with Crippen molar-refractivity contribution in [2.75, 3.05) is 41.0 Å². The number of likely N-dealkylation sites (N-methyl/N-ethyl adjacent to an activating group) is 1. The summed E-state index contributed by atoms with van der Waals surface area (Å²) in [6.07, 6.45) is 33.4. The third-order valence-corrected chi connectivity index (χ3v) is 8.27. The van der Waals surface area contributed by atoms with E-state index in [1.165, 1.54) is 64.2 Å². The Kier molecular flexibility index (Phi) is 30.2. The summed E-state index contributed by atoms with van der Waals surface area (Å²) in [4.78, 5) is 36.7. The molecule has 0 bridgehead atoms. The molecule has 0 aliphatic rings. The van der Waals surface area contributed by atoms with E-state index in [1.54, 1.807) is 0 Å². The molecule has 0 radical (unpaired) electrons. The van der Waals surface area contributed by atoms with Gasteiger partial charge in [0.15, 0.2) is 12.1 Å². The zero-order valence-electron chi connectivity index (χ0n) is 31.4. The van der Waals surface area contributed by atoms with E-state index in [9.17, 15) is 19.5 Å². The molecule has 48 heavy (non-hydrogen) atoms. The number of carboxylic acids is 1. The second-order valence-electron chi connectivity index (χ2n) is 13.8. The van der Waals surface area contributed by atoms with Gasteiger partial charge in [-0.25, -0.2) is 4.79 Å². The molecule has 0 aromatic carbocycles. The Labute approximate surface area is 293 Å². The van der Waals surface area contributed by atoms with Gasteiger partial charge in [0, 0.05) is 19.3 Å². The molecule has 2 unspecified atom stereocenters. The predicted octanol–water partition coefficient (Wildman–Crippen LogP) is 9.52. The van der Waals surface area contributed by atoms with Crippen LogP contribution in [0.5, 0.6) is 0 Å². The number of esters is 2. The second kappa shape index (κ2) is 31.8. The van der Waals surface area contributed by atoms with Crippen molar-refractivity contribution in [3.05, 3.63) is 36.5 Å². The van der Waals surface area contributed by atoms with Crippen molar-refractivity contribution in [1.29, 1.82) is 0 Å². The third kappa shape index (κ3) is 29.7. The molecular formula is C40H72NO7+. The van der Waals surface area contributed by atoms with Gasteiger partial charge in [-0.15, -0.1) is 0 Å². The number of hydrogen-bond donors (Lipinski definition) is 1. The number of allylic oxidation sites excluding steroid dienone is 6. The average molecular weight is 679 g/mol. The SMILES string of the molecule is CC/C=C/C/C=C/CCCCC(=O)OC(COCCC(C(=O)O)[N+](C)(C)C)COC(=O)CCCCCCCCC/C=C/CCCCCC. The van der Waals surface area contributed by atoms with Crippen LogP contribution in [-0.2, 0) is 28.6 Å². The monoisotopic (exact) mass is 679 g/mol. The number of ether oxygens (including phenoxy) is 3. The summed E-state index contributed by atoms with van der Waals surface area (Å²) in [7, 11) is 5.50. The zero-order valence-corrected chi connectivity index (χ0v) is 31.4. The van der Waals surface area contributed by atoms with Crippen molar-refractivity contribution in [2.45, 2.75) is 161 Å². The van der Waals surface area contributed by atoms with Crippen LogP contribution in [0.2, 0.25) is 0 Å². The number of nitrogens with zero attached hydrogens (tertiary/aromatic N) is 1. The summed E-state index contributed by atoms with van der Waals surface area (Å²) < 4.78 is 17.1. The van der Waals surface area contributed by atoms with Crippen molar-refractivity contribution in [3.63, 3.8) is 0 Å². The number of hydrogen-bond acceptors (Lipinski definition) is 6. The first-order valence-corrected chi connectivity index (χ1v) is 19.0. The Morgan fingerprint density at radius 1 is 0.646 bits per heavy atom. The fourth-order valence-electron chi connectivity index (χ4n) is 5.30. The van der Waals surface area contributed by atoms with E-state index in [0.717, 1.165) is 44.9 Å². The van der Waals surface area contributed by atoms with E-state index in [1.807, 2.05) is 21.1 Å². The summed E-state index contributed by atoms with van der Waals surface area (Å²) in [6, 6.07) is -0.618. The number of quaternary nitrogens is 1. The molecule has 8 heteroatoms. The minimum absolute atomic E-state index is 0.0469. The maximum Gasteiger partial charge on any atom is 0.362 e. The molecule has 2 atom stereocenters. The second-order valence-corrected chi connectivity index (χ2v) is 13.8. The normalized spacial score (nSPS) is 13.4. The molecule has 0 aromatic heterocycles. The van der Waals surface area contributed by atoms with Crippen LogP contribution in [0.3, 0.4) is 0 Å². The van der Waals surface area contributed by atoms with Gasteiger partial charge >= 0.3 is 17.9 Å². The van der Waals surface area contributed by atoms with Gasteiger partial charge < -0.3 is 23.8 Å². The lowest BCUT2D eigenvalue weighted by molar-refractivity contribution is -0.887. The van der Waals surface area contributed by atoms with Crippen LogP contribution < -0.4 is 0 Å². The van der Waals surface area contributed by atoms with E-state index in [2.05, 4.69) is 50.3 Å². The highest BCUT2D eigenvalue weighted by molar-refractivity contribution is 5.72. The quantitative estimate of drug-likeness (QED) is 0.0319. The van der Waals surface area contributed by atoms with Crippen molar-refractivity contribution < 1.29 is 38.2 Å². The topological polar surface area (TPSA) is 99.1 Å². The maximum absolute atomic E-state index is 12.6. The first-order valence-electron chi connectivity index (χ1n) is 19.0.